The molecular weight excluding hydrogens is 376 g/mol. The van der Waals surface area contributed by atoms with Gasteiger partial charge in [0.05, 0.1) is 35.8 Å². The Kier molecular flexibility index (Phi) is 4.98. The molecule has 0 aromatic heterocycles. The van der Waals surface area contributed by atoms with Crippen LogP contribution in [0.2, 0.25) is 0 Å². The van der Waals surface area contributed by atoms with Crippen LogP contribution in [0.4, 0.5) is 4.79 Å². The molecule has 0 spiro atoms. The highest BCUT2D eigenvalue weighted by atomic mass is 32.2. The van der Waals surface area contributed by atoms with Gasteiger partial charge >= 0.3 is 0 Å². The lowest BCUT2D eigenvalue weighted by Gasteiger charge is -2.47. The van der Waals surface area contributed by atoms with E-state index < -0.39 is 42.1 Å². The molecule has 0 aromatic carbocycles. The first kappa shape index (κ1) is 19.7. The van der Waals surface area contributed by atoms with E-state index in [0.29, 0.717) is 4.91 Å². The van der Waals surface area contributed by atoms with Crippen LogP contribution in [-0.4, -0.2) is 68.6 Å². The van der Waals surface area contributed by atoms with Gasteiger partial charge in [-0.25, -0.2) is 0 Å². The molecule has 0 bridgehead atoms. The molecular formula is C17H20N2O7S-2. The maximum absolute atomic E-state index is 12.3. The van der Waals surface area contributed by atoms with E-state index in [1.54, 1.807) is 6.92 Å². The van der Waals surface area contributed by atoms with Gasteiger partial charge in [-0.2, -0.15) is 0 Å². The SMILES string of the molecule is CC(=O)C1CC(SC2=C(C(=O)[O-])N3C(=O)C(C(C)O)C3C2C)CN1C(=O)[O-]. The van der Waals surface area contributed by atoms with E-state index >= 15 is 0 Å². The molecule has 9 nitrogen and oxygen atoms in total. The average Bonchev–Trinajstić information content (AvgIpc) is 3.07. The number of carbonyl (C=O) groups is 4. The van der Waals surface area contributed by atoms with Gasteiger partial charge in [0.25, 0.3) is 0 Å². The topological polar surface area (TPSA) is 141 Å². The molecule has 148 valence electrons. The molecule has 2 fully saturated rings. The van der Waals surface area contributed by atoms with Crippen molar-refractivity contribution in [2.24, 2.45) is 11.8 Å². The molecule has 0 saturated carbocycles. The van der Waals surface area contributed by atoms with E-state index in [4.69, 9.17) is 0 Å². The van der Waals surface area contributed by atoms with Crippen LogP contribution in [0.15, 0.2) is 10.6 Å². The molecule has 2 saturated heterocycles. The Bertz CT molecular complexity index is 728. The quantitative estimate of drug-likeness (QED) is 0.522. The number of ketones is 1. The number of amides is 2. The number of Topliss-reactive ketones (excluding diaryl/α,β-unsaturated/α-hetero) is 1. The number of rotatable bonds is 5. The predicted octanol–water partition coefficient (Wildman–Crippen LogP) is -2.09. The van der Waals surface area contributed by atoms with E-state index in [1.807, 2.05) is 0 Å². The first-order valence-electron chi connectivity index (χ1n) is 8.67. The number of thioether (sulfide) groups is 1. The second kappa shape index (κ2) is 6.83. The first-order valence-corrected chi connectivity index (χ1v) is 9.55. The van der Waals surface area contributed by atoms with Crippen molar-refractivity contribution < 1.29 is 34.5 Å². The number of likely N-dealkylation sites (tertiary alicyclic amines) is 1. The minimum atomic E-state index is -1.48. The number of fused-ring (bicyclic) bond motifs is 1. The van der Waals surface area contributed by atoms with Gasteiger partial charge in [0.1, 0.15) is 6.09 Å². The maximum Gasteiger partial charge on any atom is 0.235 e. The summed E-state index contributed by atoms with van der Waals surface area (Å²) in [6.45, 7) is 4.59. The second-order valence-corrected chi connectivity index (χ2v) is 8.62. The zero-order chi connectivity index (χ0) is 20.2. The average molecular weight is 396 g/mol. The monoisotopic (exact) mass is 396 g/mol. The van der Waals surface area contributed by atoms with E-state index in [2.05, 4.69) is 0 Å². The van der Waals surface area contributed by atoms with E-state index in [-0.39, 0.29) is 35.6 Å². The fourth-order valence-electron chi connectivity index (χ4n) is 4.32. The van der Waals surface area contributed by atoms with Crippen LogP contribution in [0.5, 0.6) is 0 Å². The molecule has 3 aliphatic rings. The summed E-state index contributed by atoms with van der Waals surface area (Å²) in [4.78, 5) is 49.5. The molecule has 27 heavy (non-hydrogen) atoms. The van der Waals surface area contributed by atoms with Gasteiger partial charge in [-0.1, -0.05) is 6.92 Å². The van der Waals surface area contributed by atoms with Crippen LogP contribution >= 0.6 is 11.8 Å². The Morgan fingerprint density at radius 2 is 1.93 bits per heavy atom. The summed E-state index contributed by atoms with van der Waals surface area (Å²) in [5.41, 5.74) is -0.217. The zero-order valence-electron chi connectivity index (χ0n) is 15.1. The van der Waals surface area contributed by atoms with Crippen molar-refractivity contribution in [3.63, 3.8) is 0 Å². The molecule has 3 aliphatic heterocycles. The summed E-state index contributed by atoms with van der Waals surface area (Å²) in [5.74, 6) is -3.26. The number of aliphatic hydroxyl groups excluding tert-OH is 1. The third-order valence-electron chi connectivity index (χ3n) is 5.56. The Balaban J connectivity index is 1.86. The smallest absolute Gasteiger partial charge is 0.235 e. The molecule has 1 N–H and O–H groups in total. The number of aliphatic hydroxyl groups is 1. The number of hydrogen-bond acceptors (Lipinski definition) is 8. The number of carbonyl (C=O) groups excluding carboxylic acids is 4. The van der Waals surface area contributed by atoms with Crippen LogP contribution < -0.4 is 10.2 Å². The number of nitrogens with zero attached hydrogens (tertiary/aromatic N) is 2. The number of hydrogen-bond donors (Lipinski definition) is 1. The van der Waals surface area contributed by atoms with Crippen LogP contribution in [-0.2, 0) is 14.4 Å². The number of carboxylic acids is 1. The lowest BCUT2D eigenvalue weighted by Crippen LogP contribution is -2.64. The minimum absolute atomic E-state index is 0.0340. The van der Waals surface area contributed by atoms with Crippen molar-refractivity contribution in [3.8, 4) is 0 Å². The lowest BCUT2D eigenvalue weighted by atomic mass is 9.79. The summed E-state index contributed by atoms with van der Waals surface area (Å²) < 4.78 is 0. The fourth-order valence-corrected chi connectivity index (χ4v) is 5.84. The van der Waals surface area contributed by atoms with Crippen LogP contribution in [0.25, 0.3) is 0 Å². The van der Waals surface area contributed by atoms with Gasteiger partial charge in [-0.3, -0.25) is 9.59 Å². The number of carboxylic acid groups (broad SMARTS) is 2. The van der Waals surface area contributed by atoms with Gasteiger partial charge in [0.15, 0.2) is 5.78 Å². The number of β-lactam (4-membered cyclic amide) rings is 1. The normalized spacial score (nSPS) is 33.8. The van der Waals surface area contributed by atoms with E-state index in [0.717, 1.165) is 21.6 Å². The summed E-state index contributed by atoms with van der Waals surface area (Å²) in [6.07, 6.45) is -2.11. The standard InChI is InChI=1S/C17H22N2O7S/c1-6-12-11(8(3)21)15(22)19(12)13(16(23)24)14(6)27-9-4-10(7(2)20)18(5-9)17(25)26/h6,8-12,21H,4-5H2,1-3H3,(H,23,24)(H,25,26)/p-2. The highest BCUT2D eigenvalue weighted by molar-refractivity contribution is 8.03. The van der Waals surface area contributed by atoms with Crippen LogP contribution in [0.1, 0.15) is 27.2 Å². The summed E-state index contributed by atoms with van der Waals surface area (Å²) in [6, 6.07) is -1.28. The molecule has 2 amide bonds. The maximum atomic E-state index is 12.3. The van der Waals surface area contributed by atoms with Crippen molar-refractivity contribution in [2.45, 2.75) is 50.6 Å². The van der Waals surface area contributed by atoms with Gasteiger partial charge in [-0.15, -0.1) is 11.8 Å². The van der Waals surface area contributed by atoms with Crippen molar-refractivity contribution in [1.82, 2.24) is 9.80 Å². The van der Waals surface area contributed by atoms with Crippen LogP contribution in [0.3, 0.4) is 0 Å². The lowest BCUT2D eigenvalue weighted by molar-refractivity contribution is -0.301. The molecule has 0 aliphatic carbocycles. The zero-order valence-corrected chi connectivity index (χ0v) is 15.9. The largest absolute Gasteiger partial charge is 0.543 e. The first-order chi connectivity index (χ1) is 12.6. The third kappa shape index (κ3) is 3.00. The van der Waals surface area contributed by atoms with Gasteiger partial charge in [-0.05, 0) is 20.3 Å². The van der Waals surface area contributed by atoms with E-state index in [9.17, 15) is 34.5 Å². The van der Waals surface area contributed by atoms with Gasteiger partial charge in [0, 0.05) is 22.6 Å². The van der Waals surface area contributed by atoms with Crippen molar-refractivity contribution in [2.75, 3.05) is 6.54 Å². The molecule has 0 radical (unpaired) electrons. The van der Waals surface area contributed by atoms with Crippen molar-refractivity contribution >= 4 is 35.5 Å². The third-order valence-corrected chi connectivity index (χ3v) is 7.06. The van der Waals surface area contributed by atoms with E-state index in [1.165, 1.54) is 13.8 Å². The summed E-state index contributed by atoms with van der Waals surface area (Å²) in [7, 11) is 0. The Morgan fingerprint density at radius 1 is 1.30 bits per heavy atom. The van der Waals surface area contributed by atoms with Gasteiger partial charge < -0.3 is 34.7 Å². The van der Waals surface area contributed by atoms with Gasteiger partial charge in [0.2, 0.25) is 5.91 Å². The Morgan fingerprint density at radius 3 is 2.37 bits per heavy atom. The fraction of sp³-hybridized carbons (Fsp3) is 0.647. The molecule has 6 atom stereocenters. The van der Waals surface area contributed by atoms with Crippen LogP contribution in [0, 0.1) is 11.8 Å². The highest BCUT2D eigenvalue weighted by Crippen LogP contribution is 2.52. The second-order valence-electron chi connectivity index (χ2n) is 7.27. The molecule has 0 aromatic rings. The number of aliphatic carboxylic acids is 1. The van der Waals surface area contributed by atoms with Crippen molar-refractivity contribution in [1.29, 1.82) is 0 Å². The Labute approximate surface area is 160 Å². The highest BCUT2D eigenvalue weighted by Gasteiger charge is 2.59. The molecule has 10 heteroatoms. The Hall–Kier alpha value is -2.07. The predicted molar refractivity (Wildman–Crippen MR) is 89.6 cm³/mol. The molecule has 3 rings (SSSR count). The summed E-state index contributed by atoms with van der Waals surface area (Å²) in [5, 5.41) is 32.4. The summed E-state index contributed by atoms with van der Waals surface area (Å²) >= 11 is 1.16. The molecule has 6 unspecified atom stereocenters. The molecule has 3 heterocycles. The van der Waals surface area contributed by atoms with Crippen molar-refractivity contribution in [3.05, 3.63) is 10.6 Å². The minimum Gasteiger partial charge on any atom is -0.543 e.